The van der Waals surface area contributed by atoms with Gasteiger partial charge in [0, 0.05) is 38.7 Å². The maximum atomic E-state index is 12.7. The van der Waals surface area contributed by atoms with E-state index in [9.17, 15) is 19.8 Å². The Morgan fingerprint density at radius 3 is 2.71 bits per heavy atom. The number of aromatic hydroxyl groups is 2. The Hall–Kier alpha value is -3.04. The molecule has 1 fully saturated rings. The highest BCUT2D eigenvalue weighted by Gasteiger charge is 2.26. The van der Waals surface area contributed by atoms with Crippen LogP contribution in [0.2, 0.25) is 0 Å². The number of ether oxygens (including phenoxy) is 2. The first-order valence-electron chi connectivity index (χ1n) is 10.2. The van der Waals surface area contributed by atoms with Crippen molar-refractivity contribution < 1.29 is 28.9 Å². The summed E-state index contributed by atoms with van der Waals surface area (Å²) in [6.07, 6.45) is -0.0585. The smallest absolute Gasteiger partial charge is 0.227 e. The summed E-state index contributed by atoms with van der Waals surface area (Å²) in [6.45, 7) is 5.80. The molecule has 2 heterocycles. The second-order valence-electron chi connectivity index (χ2n) is 7.43. The molecule has 1 atom stereocenters. The van der Waals surface area contributed by atoms with Gasteiger partial charge in [-0.2, -0.15) is 0 Å². The number of nitrogens with one attached hydrogen (secondary N) is 1. The van der Waals surface area contributed by atoms with E-state index >= 15 is 0 Å². The summed E-state index contributed by atoms with van der Waals surface area (Å²) < 4.78 is 16.1. The van der Waals surface area contributed by atoms with Crippen LogP contribution in [-0.4, -0.2) is 67.5 Å². The minimum atomic E-state index is -0.745. The minimum Gasteiger partial charge on any atom is -0.504 e. The number of amides is 1. The van der Waals surface area contributed by atoms with Crippen molar-refractivity contribution in [3.05, 3.63) is 51.6 Å². The summed E-state index contributed by atoms with van der Waals surface area (Å²) in [5, 5.41) is 23.2. The molecule has 1 aromatic carbocycles. The van der Waals surface area contributed by atoms with Crippen molar-refractivity contribution in [2.75, 3.05) is 46.5 Å². The molecule has 1 unspecified atom stereocenters. The largest absolute Gasteiger partial charge is 0.504 e. The van der Waals surface area contributed by atoms with E-state index < -0.39 is 17.1 Å². The summed E-state index contributed by atoms with van der Waals surface area (Å²) in [4.78, 5) is 27.0. The molecular formula is C22H28N2O7. The standard InChI is InChI=1S/C22H28N2O7/c1-14-11-18(26)21(28)22(31-14)16(15-3-4-17(25)19(12-15)29-2)13-20(27)23-5-6-24-7-9-30-10-8-24/h3-4,11-12,16,25,28H,5-10,13H2,1-2H3,(H,23,27). The normalized spacial score (nSPS) is 15.4. The molecule has 9 nitrogen and oxygen atoms in total. The number of morpholine rings is 1. The van der Waals surface area contributed by atoms with E-state index in [0.29, 0.717) is 37.6 Å². The molecule has 31 heavy (non-hydrogen) atoms. The van der Waals surface area contributed by atoms with E-state index in [0.717, 1.165) is 13.1 Å². The van der Waals surface area contributed by atoms with Crippen LogP contribution in [0.4, 0.5) is 0 Å². The van der Waals surface area contributed by atoms with Crippen LogP contribution in [0.5, 0.6) is 17.2 Å². The summed E-state index contributed by atoms with van der Waals surface area (Å²) in [7, 11) is 1.41. The van der Waals surface area contributed by atoms with Crippen LogP contribution < -0.4 is 15.5 Å². The molecule has 0 aliphatic carbocycles. The van der Waals surface area contributed by atoms with Gasteiger partial charge in [0.05, 0.1) is 26.2 Å². The van der Waals surface area contributed by atoms with Crippen molar-refractivity contribution in [2.24, 2.45) is 0 Å². The minimum absolute atomic E-state index is 0.000993. The molecule has 3 rings (SSSR count). The fourth-order valence-corrected chi connectivity index (χ4v) is 3.57. The SMILES string of the molecule is COc1cc(C(CC(=O)NCCN2CCOCC2)c2oc(C)cc(=O)c2O)ccc1O. The molecule has 0 bridgehead atoms. The van der Waals surface area contributed by atoms with E-state index in [1.807, 2.05) is 0 Å². The number of hydrogen-bond donors (Lipinski definition) is 3. The van der Waals surface area contributed by atoms with Crippen LogP contribution in [0, 0.1) is 6.92 Å². The first kappa shape index (κ1) is 22.6. The molecule has 1 aliphatic rings. The number of rotatable bonds is 8. The Labute approximate surface area is 180 Å². The molecule has 3 N–H and O–H groups in total. The quantitative estimate of drug-likeness (QED) is 0.571. The van der Waals surface area contributed by atoms with Gasteiger partial charge in [-0.15, -0.1) is 0 Å². The summed E-state index contributed by atoms with van der Waals surface area (Å²) >= 11 is 0. The second-order valence-corrected chi connectivity index (χ2v) is 7.43. The molecule has 1 aromatic heterocycles. The Morgan fingerprint density at radius 2 is 2.00 bits per heavy atom. The van der Waals surface area contributed by atoms with Gasteiger partial charge in [0.15, 0.2) is 17.3 Å². The van der Waals surface area contributed by atoms with E-state index in [2.05, 4.69) is 10.2 Å². The van der Waals surface area contributed by atoms with E-state index in [-0.39, 0.29) is 29.6 Å². The van der Waals surface area contributed by atoms with E-state index in [4.69, 9.17) is 13.9 Å². The van der Waals surface area contributed by atoms with Crippen molar-refractivity contribution in [1.82, 2.24) is 10.2 Å². The molecule has 168 valence electrons. The lowest BCUT2D eigenvalue weighted by molar-refractivity contribution is -0.121. The number of methoxy groups -OCH3 is 1. The zero-order valence-corrected chi connectivity index (χ0v) is 17.7. The molecule has 1 aliphatic heterocycles. The van der Waals surface area contributed by atoms with Gasteiger partial charge in [-0.3, -0.25) is 14.5 Å². The van der Waals surface area contributed by atoms with E-state index in [1.165, 1.54) is 19.2 Å². The maximum Gasteiger partial charge on any atom is 0.227 e. The van der Waals surface area contributed by atoms with Crippen LogP contribution in [0.3, 0.4) is 0 Å². The maximum absolute atomic E-state index is 12.7. The number of carbonyl (C=O) groups is 1. The molecule has 0 radical (unpaired) electrons. The fourth-order valence-electron chi connectivity index (χ4n) is 3.57. The lowest BCUT2D eigenvalue weighted by Crippen LogP contribution is -2.41. The third-order valence-corrected chi connectivity index (χ3v) is 5.24. The van der Waals surface area contributed by atoms with Crippen LogP contribution >= 0.6 is 0 Å². The zero-order chi connectivity index (χ0) is 22.4. The van der Waals surface area contributed by atoms with Crippen LogP contribution in [0.1, 0.15) is 29.4 Å². The van der Waals surface area contributed by atoms with Gasteiger partial charge in [-0.25, -0.2) is 0 Å². The molecule has 0 spiro atoms. The second kappa shape index (κ2) is 10.3. The summed E-state index contributed by atoms with van der Waals surface area (Å²) in [6, 6.07) is 5.78. The number of benzene rings is 1. The number of carbonyl (C=O) groups excluding carboxylic acids is 1. The summed E-state index contributed by atoms with van der Waals surface area (Å²) in [5.74, 6) is -1.06. The summed E-state index contributed by atoms with van der Waals surface area (Å²) in [5.41, 5.74) is -0.0238. The average molecular weight is 432 g/mol. The lowest BCUT2D eigenvalue weighted by atomic mass is 9.91. The van der Waals surface area contributed by atoms with Gasteiger partial charge < -0.3 is 29.4 Å². The van der Waals surface area contributed by atoms with Crippen LogP contribution in [-0.2, 0) is 9.53 Å². The molecule has 0 saturated carbocycles. The Kier molecular flexibility index (Phi) is 7.54. The Bertz CT molecular complexity index is 967. The van der Waals surface area contributed by atoms with Crippen molar-refractivity contribution in [3.8, 4) is 17.2 Å². The number of nitrogens with zero attached hydrogens (tertiary/aromatic N) is 1. The first-order valence-corrected chi connectivity index (χ1v) is 10.2. The van der Waals surface area contributed by atoms with Gasteiger partial charge in [0.25, 0.3) is 0 Å². The van der Waals surface area contributed by atoms with Crippen molar-refractivity contribution in [2.45, 2.75) is 19.3 Å². The average Bonchev–Trinajstić information content (AvgIpc) is 2.76. The highest BCUT2D eigenvalue weighted by molar-refractivity contribution is 5.77. The molecule has 1 saturated heterocycles. The molecular weight excluding hydrogens is 404 g/mol. The molecule has 1 amide bonds. The van der Waals surface area contributed by atoms with Gasteiger partial charge in [0.2, 0.25) is 17.1 Å². The zero-order valence-electron chi connectivity index (χ0n) is 17.7. The molecule has 2 aromatic rings. The van der Waals surface area contributed by atoms with Gasteiger partial charge in [0.1, 0.15) is 5.76 Å². The van der Waals surface area contributed by atoms with Crippen LogP contribution in [0.25, 0.3) is 0 Å². The molecule has 9 heteroatoms. The first-order chi connectivity index (χ1) is 14.9. The van der Waals surface area contributed by atoms with Gasteiger partial charge in [-0.05, 0) is 24.6 Å². The Morgan fingerprint density at radius 1 is 1.26 bits per heavy atom. The van der Waals surface area contributed by atoms with E-state index in [1.54, 1.807) is 19.1 Å². The van der Waals surface area contributed by atoms with Crippen molar-refractivity contribution in [3.63, 3.8) is 0 Å². The monoisotopic (exact) mass is 432 g/mol. The van der Waals surface area contributed by atoms with Crippen molar-refractivity contribution >= 4 is 5.91 Å². The number of phenolic OH excluding ortho intramolecular Hbond substituents is 1. The van der Waals surface area contributed by atoms with Gasteiger partial charge >= 0.3 is 0 Å². The Balaban J connectivity index is 1.81. The third-order valence-electron chi connectivity index (χ3n) is 5.24. The fraction of sp³-hybridized carbons (Fsp3) is 0.455. The predicted molar refractivity (Wildman–Crippen MR) is 113 cm³/mol. The lowest BCUT2D eigenvalue weighted by Gasteiger charge is -2.26. The highest BCUT2D eigenvalue weighted by Crippen LogP contribution is 2.37. The van der Waals surface area contributed by atoms with Gasteiger partial charge in [-0.1, -0.05) is 6.07 Å². The van der Waals surface area contributed by atoms with Crippen LogP contribution in [0.15, 0.2) is 33.5 Å². The topological polar surface area (TPSA) is 121 Å². The van der Waals surface area contributed by atoms with Crippen molar-refractivity contribution in [1.29, 1.82) is 0 Å². The number of aryl methyl sites for hydroxylation is 1. The number of phenols is 1. The highest BCUT2D eigenvalue weighted by atomic mass is 16.5. The third kappa shape index (κ3) is 5.77. The predicted octanol–water partition coefficient (Wildman–Crippen LogP) is 1.34. The number of hydrogen-bond acceptors (Lipinski definition) is 8.